The van der Waals surface area contributed by atoms with Gasteiger partial charge in [0, 0.05) is 36.1 Å². The number of hydrogen-bond acceptors (Lipinski definition) is 6. The maximum Gasteiger partial charge on any atom is 0.329 e. The summed E-state index contributed by atoms with van der Waals surface area (Å²) < 4.78 is 1.49. The van der Waals surface area contributed by atoms with Gasteiger partial charge < -0.3 is 5.32 Å². The van der Waals surface area contributed by atoms with Crippen molar-refractivity contribution in [3.05, 3.63) is 60.6 Å². The molecule has 3 aromatic heterocycles. The van der Waals surface area contributed by atoms with Gasteiger partial charge in [-0.15, -0.1) is 11.3 Å². The molecule has 1 aliphatic carbocycles. The van der Waals surface area contributed by atoms with Crippen LogP contribution in [0.2, 0.25) is 0 Å². The van der Waals surface area contributed by atoms with Gasteiger partial charge in [-0.25, -0.2) is 9.78 Å². The average molecular weight is 482 g/mol. The zero-order valence-electron chi connectivity index (χ0n) is 19.5. The Bertz CT molecular complexity index is 1280. The third-order valence-corrected chi connectivity index (χ3v) is 7.74. The number of aromatic nitrogens is 3. The number of fused-ring (bicyclic) bond motifs is 1. The Hall–Kier alpha value is -2.78. The van der Waals surface area contributed by atoms with Crippen molar-refractivity contribution in [2.75, 3.05) is 19.6 Å². The van der Waals surface area contributed by atoms with E-state index in [2.05, 4.69) is 37.7 Å². The molecule has 0 atom stereocenters. The molecule has 2 aliphatic rings. The first-order valence-electron chi connectivity index (χ1n) is 12.2. The van der Waals surface area contributed by atoms with Crippen molar-refractivity contribution in [3.8, 4) is 0 Å². The van der Waals surface area contributed by atoms with Crippen LogP contribution in [0.4, 0.5) is 0 Å². The lowest BCUT2D eigenvalue weighted by atomic mass is 9.96. The minimum atomic E-state index is -0.547. The van der Waals surface area contributed by atoms with Crippen LogP contribution in [-0.4, -0.2) is 45.0 Å². The highest BCUT2D eigenvalue weighted by atomic mass is 32.1. The van der Waals surface area contributed by atoms with Crippen LogP contribution in [0.1, 0.15) is 65.9 Å². The average Bonchev–Trinajstić information content (AvgIpc) is 3.57. The smallest absolute Gasteiger partial charge is 0.329 e. The molecule has 8 nitrogen and oxygen atoms in total. The van der Waals surface area contributed by atoms with E-state index in [0.29, 0.717) is 36.1 Å². The standard InChI is InChI=1S/C25H31N5O3S/c1-2-9-30-22-21(24(32)28-25(30)33)19(13-20(27-22)17-5-6-17)23(31)26-14-16-7-10-29(11-8-16)15-18-4-3-12-34-18/h3-4,12-13,16-17H,2,5-11,14-15H2,1H3,(H,26,31)(H,28,32,33). The molecular weight excluding hydrogens is 450 g/mol. The maximum absolute atomic E-state index is 13.3. The fourth-order valence-electron chi connectivity index (χ4n) is 4.80. The van der Waals surface area contributed by atoms with Crippen LogP contribution in [0.15, 0.2) is 33.2 Å². The van der Waals surface area contributed by atoms with Gasteiger partial charge in [-0.2, -0.15) is 0 Å². The molecule has 4 heterocycles. The summed E-state index contributed by atoms with van der Waals surface area (Å²) in [7, 11) is 0. The second kappa shape index (κ2) is 9.84. The van der Waals surface area contributed by atoms with Crippen molar-refractivity contribution < 1.29 is 4.79 Å². The minimum absolute atomic E-state index is 0.209. The number of thiophene rings is 1. The Morgan fingerprint density at radius 3 is 2.71 bits per heavy atom. The van der Waals surface area contributed by atoms with Crippen LogP contribution in [0.5, 0.6) is 0 Å². The third-order valence-electron chi connectivity index (χ3n) is 6.87. The summed E-state index contributed by atoms with van der Waals surface area (Å²) in [6, 6.07) is 6.02. The van der Waals surface area contributed by atoms with E-state index < -0.39 is 11.2 Å². The minimum Gasteiger partial charge on any atom is -0.352 e. The largest absolute Gasteiger partial charge is 0.352 e. The van der Waals surface area contributed by atoms with Gasteiger partial charge >= 0.3 is 5.69 Å². The van der Waals surface area contributed by atoms with Crippen LogP contribution in [0, 0.1) is 5.92 Å². The van der Waals surface area contributed by atoms with Crippen molar-refractivity contribution in [2.45, 2.75) is 58.0 Å². The molecule has 1 aliphatic heterocycles. The molecule has 1 amide bonds. The highest BCUT2D eigenvalue weighted by molar-refractivity contribution is 7.09. The number of amides is 1. The number of aryl methyl sites for hydroxylation is 1. The number of rotatable bonds is 8. The Morgan fingerprint density at radius 1 is 1.24 bits per heavy atom. The molecule has 0 radical (unpaired) electrons. The number of pyridine rings is 1. The van der Waals surface area contributed by atoms with Crippen molar-refractivity contribution in [1.82, 2.24) is 24.8 Å². The van der Waals surface area contributed by atoms with Crippen LogP contribution >= 0.6 is 11.3 Å². The molecule has 180 valence electrons. The lowest BCUT2D eigenvalue weighted by Gasteiger charge is -2.31. The van der Waals surface area contributed by atoms with E-state index >= 15 is 0 Å². The van der Waals surface area contributed by atoms with Gasteiger partial charge in [0.15, 0.2) is 5.65 Å². The number of hydrogen-bond donors (Lipinski definition) is 2. The number of H-pyrrole nitrogens is 1. The lowest BCUT2D eigenvalue weighted by Crippen LogP contribution is -2.38. The second-order valence-corrected chi connectivity index (χ2v) is 10.5. The number of nitrogens with zero attached hydrogens (tertiary/aromatic N) is 3. The summed E-state index contributed by atoms with van der Waals surface area (Å²) in [6.07, 6.45) is 4.83. The molecule has 0 unspecified atom stereocenters. The Balaban J connectivity index is 1.32. The van der Waals surface area contributed by atoms with Crippen LogP contribution in [-0.2, 0) is 13.1 Å². The molecule has 1 saturated carbocycles. The summed E-state index contributed by atoms with van der Waals surface area (Å²) in [5, 5.41) is 5.40. The molecule has 0 spiro atoms. The van der Waals surface area contributed by atoms with Crippen LogP contribution in [0.25, 0.3) is 11.0 Å². The maximum atomic E-state index is 13.3. The predicted octanol–water partition coefficient (Wildman–Crippen LogP) is 3.08. The zero-order chi connectivity index (χ0) is 23.7. The SMILES string of the molecule is CCCn1c(=O)[nH]c(=O)c2c(C(=O)NCC3CCN(Cc4cccs4)CC3)cc(C3CC3)nc21. The first-order chi connectivity index (χ1) is 16.5. The van der Waals surface area contributed by atoms with Gasteiger partial charge in [0.2, 0.25) is 0 Å². The highest BCUT2D eigenvalue weighted by Gasteiger charge is 2.29. The topological polar surface area (TPSA) is 100 Å². The van der Waals surface area contributed by atoms with Gasteiger partial charge in [0.05, 0.1) is 10.9 Å². The molecule has 1 saturated heterocycles. The molecule has 2 fully saturated rings. The van der Waals surface area contributed by atoms with Crippen molar-refractivity contribution in [3.63, 3.8) is 0 Å². The van der Waals surface area contributed by atoms with Crippen LogP contribution in [0.3, 0.4) is 0 Å². The van der Waals surface area contributed by atoms with E-state index in [-0.39, 0.29) is 11.3 Å². The molecule has 0 aromatic carbocycles. The van der Waals surface area contributed by atoms with E-state index in [1.807, 2.05) is 6.92 Å². The number of carbonyl (C=O) groups excluding carboxylic acids is 1. The van der Waals surface area contributed by atoms with Crippen molar-refractivity contribution in [1.29, 1.82) is 0 Å². The number of nitrogens with one attached hydrogen (secondary N) is 2. The van der Waals surface area contributed by atoms with E-state index in [0.717, 1.165) is 57.4 Å². The summed E-state index contributed by atoms with van der Waals surface area (Å²) >= 11 is 1.79. The summed E-state index contributed by atoms with van der Waals surface area (Å²) in [5.74, 6) is 0.451. The van der Waals surface area contributed by atoms with Crippen molar-refractivity contribution in [2.24, 2.45) is 5.92 Å². The molecular formula is C25H31N5O3S. The quantitative estimate of drug-likeness (QED) is 0.515. The van der Waals surface area contributed by atoms with E-state index in [1.54, 1.807) is 17.4 Å². The second-order valence-electron chi connectivity index (χ2n) is 9.49. The first-order valence-corrected chi connectivity index (χ1v) is 13.1. The highest BCUT2D eigenvalue weighted by Crippen LogP contribution is 2.39. The first kappa shape index (κ1) is 23.0. The lowest BCUT2D eigenvalue weighted by molar-refractivity contribution is 0.0936. The molecule has 0 bridgehead atoms. The molecule has 3 aromatic rings. The molecule has 9 heteroatoms. The fourth-order valence-corrected chi connectivity index (χ4v) is 5.54. The number of carbonyl (C=O) groups is 1. The van der Waals surface area contributed by atoms with E-state index in [9.17, 15) is 14.4 Å². The van der Waals surface area contributed by atoms with E-state index in [4.69, 9.17) is 0 Å². The van der Waals surface area contributed by atoms with Gasteiger partial charge in [0.25, 0.3) is 11.5 Å². The molecule has 5 rings (SSSR count). The van der Waals surface area contributed by atoms with Gasteiger partial charge in [-0.1, -0.05) is 13.0 Å². The number of likely N-dealkylation sites (tertiary alicyclic amines) is 1. The van der Waals surface area contributed by atoms with Gasteiger partial charge in [-0.05, 0) is 68.6 Å². The molecule has 34 heavy (non-hydrogen) atoms. The normalized spacial score (nSPS) is 17.3. The summed E-state index contributed by atoms with van der Waals surface area (Å²) in [6.45, 7) is 6.02. The van der Waals surface area contributed by atoms with Crippen LogP contribution < -0.4 is 16.6 Å². The van der Waals surface area contributed by atoms with Gasteiger partial charge in [0.1, 0.15) is 0 Å². The van der Waals surface area contributed by atoms with E-state index in [1.165, 1.54) is 9.44 Å². The Kier molecular flexibility index (Phi) is 6.65. The van der Waals surface area contributed by atoms with Crippen molar-refractivity contribution >= 4 is 28.3 Å². The number of piperidine rings is 1. The Morgan fingerprint density at radius 2 is 2.03 bits per heavy atom. The number of aromatic amines is 1. The third kappa shape index (κ3) is 4.86. The predicted molar refractivity (Wildman–Crippen MR) is 134 cm³/mol. The fraction of sp³-hybridized carbons (Fsp3) is 0.520. The summed E-state index contributed by atoms with van der Waals surface area (Å²) in [4.78, 5) is 49.4. The monoisotopic (exact) mass is 481 g/mol. The van der Waals surface area contributed by atoms with Gasteiger partial charge in [-0.3, -0.25) is 24.0 Å². The Labute approximate surface area is 202 Å². The molecule has 2 N–H and O–H groups in total. The zero-order valence-corrected chi connectivity index (χ0v) is 20.3. The summed E-state index contributed by atoms with van der Waals surface area (Å²) in [5.41, 5.74) is 0.434.